The zero-order valence-electron chi connectivity index (χ0n) is 7.34. The van der Waals surface area contributed by atoms with E-state index in [1.165, 1.54) is 0 Å². The minimum atomic E-state index is -0.00263. The highest BCUT2D eigenvalue weighted by atomic mass is 32.1. The van der Waals surface area contributed by atoms with Gasteiger partial charge in [-0.1, -0.05) is 13.8 Å². The molecule has 0 saturated carbocycles. The molecule has 0 atom stereocenters. The molecule has 3 heteroatoms. The maximum atomic E-state index is 10.4. The molecule has 0 rings (SSSR count). The van der Waals surface area contributed by atoms with Crippen molar-refractivity contribution >= 4 is 17.7 Å². The molecule has 0 unspecified atom stereocenters. The smallest absolute Gasteiger partial charge is 0.185 e. The van der Waals surface area contributed by atoms with Gasteiger partial charge >= 0.3 is 0 Å². The van der Waals surface area contributed by atoms with Crippen molar-refractivity contribution in [3.63, 3.8) is 0 Å². The molecule has 0 aromatic rings. The summed E-state index contributed by atoms with van der Waals surface area (Å²) in [4.78, 5) is 12.7. The Labute approximate surface area is 74.4 Å². The van der Waals surface area contributed by atoms with E-state index in [4.69, 9.17) is 0 Å². The number of carbonyl (C=O) groups is 1. The van der Waals surface area contributed by atoms with E-state index in [0.717, 1.165) is 26.1 Å². The van der Waals surface area contributed by atoms with E-state index in [2.05, 4.69) is 31.4 Å². The zero-order valence-corrected chi connectivity index (χ0v) is 8.23. The summed E-state index contributed by atoms with van der Waals surface area (Å²) >= 11 is 3.70. The highest BCUT2D eigenvalue weighted by Gasteiger charge is 1.99. The van der Waals surface area contributed by atoms with Gasteiger partial charge in [0.2, 0.25) is 0 Å². The van der Waals surface area contributed by atoms with E-state index >= 15 is 0 Å². The van der Waals surface area contributed by atoms with Gasteiger partial charge in [0.15, 0.2) is 5.12 Å². The normalized spacial score (nSPS) is 10.5. The first-order chi connectivity index (χ1) is 5.20. The van der Waals surface area contributed by atoms with E-state index < -0.39 is 0 Å². The Morgan fingerprint density at radius 1 is 1.36 bits per heavy atom. The van der Waals surface area contributed by atoms with Gasteiger partial charge in [-0.25, -0.2) is 0 Å². The summed E-state index contributed by atoms with van der Waals surface area (Å²) in [6, 6.07) is 0. The lowest BCUT2D eigenvalue weighted by atomic mass is 10.3. The SMILES string of the molecule is CCN(CC)CCCC(=O)S. The van der Waals surface area contributed by atoms with Crippen LogP contribution in [0.1, 0.15) is 26.7 Å². The number of carbonyl (C=O) groups excluding carboxylic acids is 1. The lowest BCUT2D eigenvalue weighted by molar-refractivity contribution is -0.110. The molecular weight excluding hydrogens is 158 g/mol. The van der Waals surface area contributed by atoms with Gasteiger partial charge in [0, 0.05) is 6.42 Å². The Morgan fingerprint density at radius 3 is 2.27 bits per heavy atom. The third-order valence-corrected chi connectivity index (χ3v) is 1.98. The predicted octanol–water partition coefficient (Wildman–Crippen LogP) is 1.56. The minimum Gasteiger partial charge on any atom is -0.304 e. The zero-order chi connectivity index (χ0) is 8.69. The summed E-state index contributed by atoms with van der Waals surface area (Å²) in [5.41, 5.74) is 0. The van der Waals surface area contributed by atoms with Crippen LogP contribution in [-0.4, -0.2) is 29.6 Å². The Bertz CT molecular complexity index is 113. The first-order valence-corrected chi connectivity index (χ1v) is 4.59. The first kappa shape index (κ1) is 11.0. The molecule has 66 valence electrons. The van der Waals surface area contributed by atoms with Gasteiger partial charge in [-0.2, -0.15) is 0 Å². The summed E-state index contributed by atoms with van der Waals surface area (Å²) in [7, 11) is 0. The topological polar surface area (TPSA) is 20.3 Å². The number of thiol groups is 1. The molecule has 0 amide bonds. The van der Waals surface area contributed by atoms with Gasteiger partial charge in [-0.3, -0.25) is 4.79 Å². The lowest BCUT2D eigenvalue weighted by Crippen LogP contribution is -2.24. The van der Waals surface area contributed by atoms with Crippen molar-refractivity contribution in [3.05, 3.63) is 0 Å². The maximum Gasteiger partial charge on any atom is 0.185 e. The Morgan fingerprint density at radius 2 is 1.91 bits per heavy atom. The van der Waals surface area contributed by atoms with E-state index in [-0.39, 0.29) is 5.12 Å². The summed E-state index contributed by atoms with van der Waals surface area (Å²) < 4.78 is 0. The van der Waals surface area contributed by atoms with Crippen LogP contribution in [0.25, 0.3) is 0 Å². The quantitative estimate of drug-likeness (QED) is 0.618. The Hall–Kier alpha value is -0.0200. The molecule has 0 aromatic carbocycles. The van der Waals surface area contributed by atoms with Crippen LogP contribution in [-0.2, 0) is 4.79 Å². The molecular formula is C8H17NOS. The van der Waals surface area contributed by atoms with Crippen molar-refractivity contribution in [1.29, 1.82) is 0 Å². The highest BCUT2D eigenvalue weighted by molar-refractivity contribution is 7.96. The van der Waals surface area contributed by atoms with Crippen LogP contribution in [0.2, 0.25) is 0 Å². The monoisotopic (exact) mass is 175 g/mol. The van der Waals surface area contributed by atoms with Crippen molar-refractivity contribution in [2.75, 3.05) is 19.6 Å². The third-order valence-electron chi connectivity index (χ3n) is 1.76. The average molecular weight is 175 g/mol. The minimum absolute atomic E-state index is 0.00263. The molecule has 0 aliphatic rings. The van der Waals surface area contributed by atoms with Crippen molar-refractivity contribution in [2.24, 2.45) is 0 Å². The van der Waals surface area contributed by atoms with Gasteiger partial charge in [0.05, 0.1) is 0 Å². The standard InChI is InChI=1S/C8H17NOS/c1-3-9(4-2)7-5-6-8(10)11/h3-7H2,1-2H3,(H,10,11). The fraction of sp³-hybridized carbons (Fsp3) is 0.875. The van der Waals surface area contributed by atoms with Crippen LogP contribution in [0, 0.1) is 0 Å². The molecule has 0 saturated heterocycles. The molecule has 11 heavy (non-hydrogen) atoms. The van der Waals surface area contributed by atoms with Gasteiger partial charge in [0.25, 0.3) is 0 Å². The second-order valence-electron chi connectivity index (χ2n) is 2.52. The van der Waals surface area contributed by atoms with E-state index in [9.17, 15) is 4.79 Å². The van der Waals surface area contributed by atoms with Crippen molar-refractivity contribution in [1.82, 2.24) is 4.90 Å². The van der Waals surface area contributed by atoms with Crippen LogP contribution in [0.15, 0.2) is 0 Å². The third kappa shape index (κ3) is 6.38. The molecule has 0 radical (unpaired) electrons. The average Bonchev–Trinajstić information content (AvgIpc) is 1.98. The van der Waals surface area contributed by atoms with Crippen LogP contribution in [0.5, 0.6) is 0 Å². The van der Waals surface area contributed by atoms with Crippen LogP contribution in [0.3, 0.4) is 0 Å². The summed E-state index contributed by atoms with van der Waals surface area (Å²) in [5, 5.41) is -0.00263. The number of nitrogens with zero attached hydrogens (tertiary/aromatic N) is 1. The predicted molar refractivity (Wildman–Crippen MR) is 51.0 cm³/mol. The first-order valence-electron chi connectivity index (χ1n) is 4.14. The fourth-order valence-corrected chi connectivity index (χ4v) is 1.15. The molecule has 0 spiro atoms. The van der Waals surface area contributed by atoms with Gasteiger partial charge in [-0.15, -0.1) is 12.6 Å². The molecule has 0 aliphatic heterocycles. The summed E-state index contributed by atoms with van der Waals surface area (Å²) in [6.45, 7) is 7.41. The Balaban J connectivity index is 3.28. The van der Waals surface area contributed by atoms with Crippen LogP contribution in [0.4, 0.5) is 0 Å². The van der Waals surface area contributed by atoms with Crippen LogP contribution >= 0.6 is 12.6 Å². The Kier molecular flexibility index (Phi) is 6.66. The maximum absolute atomic E-state index is 10.4. The number of hydrogen-bond acceptors (Lipinski definition) is 2. The molecule has 0 aliphatic carbocycles. The van der Waals surface area contributed by atoms with Crippen molar-refractivity contribution < 1.29 is 4.79 Å². The molecule has 0 heterocycles. The van der Waals surface area contributed by atoms with Gasteiger partial charge in [0.1, 0.15) is 0 Å². The highest BCUT2D eigenvalue weighted by Crippen LogP contribution is 1.97. The molecule has 0 aromatic heterocycles. The molecule has 0 fully saturated rings. The number of rotatable bonds is 6. The van der Waals surface area contributed by atoms with Gasteiger partial charge in [-0.05, 0) is 26.1 Å². The van der Waals surface area contributed by atoms with E-state index in [1.807, 2.05) is 0 Å². The van der Waals surface area contributed by atoms with Crippen molar-refractivity contribution in [2.45, 2.75) is 26.7 Å². The summed E-state index contributed by atoms with van der Waals surface area (Å²) in [5.74, 6) is 0. The number of hydrogen-bond donors (Lipinski definition) is 1. The second-order valence-corrected chi connectivity index (χ2v) is 3.02. The second kappa shape index (κ2) is 6.68. The van der Waals surface area contributed by atoms with Gasteiger partial charge < -0.3 is 4.90 Å². The van der Waals surface area contributed by atoms with E-state index in [0.29, 0.717) is 6.42 Å². The lowest BCUT2D eigenvalue weighted by Gasteiger charge is -2.16. The largest absolute Gasteiger partial charge is 0.304 e. The van der Waals surface area contributed by atoms with E-state index in [1.54, 1.807) is 0 Å². The van der Waals surface area contributed by atoms with Crippen LogP contribution < -0.4 is 0 Å². The molecule has 2 nitrogen and oxygen atoms in total. The molecule has 0 bridgehead atoms. The summed E-state index contributed by atoms with van der Waals surface area (Å²) in [6.07, 6.45) is 1.53. The fourth-order valence-electron chi connectivity index (χ4n) is 0.994. The van der Waals surface area contributed by atoms with Crippen molar-refractivity contribution in [3.8, 4) is 0 Å². The molecule has 0 N–H and O–H groups in total.